The molecule has 0 saturated carbocycles. The largest absolute Gasteiger partial charge is 0.370 e. The molecule has 2 fully saturated rings. The van der Waals surface area contributed by atoms with Gasteiger partial charge < -0.3 is 14.2 Å². The number of ether oxygens (including phenoxy) is 1. The van der Waals surface area contributed by atoms with Gasteiger partial charge in [-0.05, 0) is 62.1 Å². The fraction of sp³-hybridized carbons (Fsp3) is 0.409. The molecule has 5 rings (SSSR count). The average Bonchev–Trinajstić information content (AvgIpc) is 3.42. The minimum absolute atomic E-state index is 0.0167. The number of piperidine rings is 1. The molecule has 0 radical (unpaired) electrons. The lowest BCUT2D eigenvalue weighted by atomic mass is 10.0. The number of halogens is 1. The Kier molecular flexibility index (Phi) is 4.75. The lowest BCUT2D eigenvalue weighted by Crippen LogP contribution is -2.39. The van der Waals surface area contributed by atoms with Crippen molar-refractivity contribution in [1.82, 2.24) is 19.4 Å². The van der Waals surface area contributed by atoms with Gasteiger partial charge in [0, 0.05) is 37.5 Å². The predicted molar refractivity (Wildman–Crippen MR) is 106 cm³/mol. The molecule has 0 N–H and O–H groups in total. The second-order valence-electron chi connectivity index (χ2n) is 7.72. The number of imidazole rings is 1. The summed E-state index contributed by atoms with van der Waals surface area (Å²) in [6.45, 7) is 2.07. The summed E-state index contributed by atoms with van der Waals surface area (Å²) >= 11 is 0. The molecule has 3 aromatic rings. The van der Waals surface area contributed by atoms with Crippen LogP contribution in [-0.2, 0) is 4.74 Å². The number of hydrogen-bond acceptors (Lipinski definition) is 4. The van der Waals surface area contributed by atoms with Crippen LogP contribution in [0.5, 0.6) is 0 Å². The van der Waals surface area contributed by atoms with E-state index in [-0.39, 0.29) is 23.9 Å². The van der Waals surface area contributed by atoms with E-state index in [2.05, 4.69) is 9.55 Å². The molecule has 0 spiro atoms. The van der Waals surface area contributed by atoms with Crippen LogP contribution in [0.2, 0.25) is 0 Å². The third-order valence-corrected chi connectivity index (χ3v) is 5.90. The number of benzene rings is 1. The molecule has 1 amide bonds. The SMILES string of the molecule is O=C(c1ccc(F)cc1)N1CCC(n2c(C3CCCO3)nc3cccnc32)CC1. The standard InChI is InChI=1S/C22H23FN4O2/c23-16-7-5-15(6-8-16)22(28)26-12-9-17(10-13-26)27-20-18(3-1-11-24-20)25-21(27)19-4-2-14-29-19/h1,3,5-8,11,17,19H,2,4,9-10,12-14H2. The minimum atomic E-state index is -0.332. The summed E-state index contributed by atoms with van der Waals surface area (Å²) in [5.41, 5.74) is 2.31. The molecular weight excluding hydrogens is 371 g/mol. The molecule has 1 unspecified atom stereocenters. The Morgan fingerprint density at radius 3 is 2.62 bits per heavy atom. The molecule has 1 atom stereocenters. The number of amides is 1. The molecule has 0 aliphatic carbocycles. The maximum atomic E-state index is 13.1. The number of carbonyl (C=O) groups excluding carboxylic acids is 1. The number of pyridine rings is 1. The zero-order valence-electron chi connectivity index (χ0n) is 16.1. The predicted octanol–water partition coefficient (Wildman–Crippen LogP) is 3.90. The van der Waals surface area contributed by atoms with Crippen molar-refractivity contribution < 1.29 is 13.9 Å². The Morgan fingerprint density at radius 1 is 1.10 bits per heavy atom. The number of fused-ring (bicyclic) bond motifs is 1. The van der Waals surface area contributed by atoms with Crippen LogP contribution in [-0.4, -0.2) is 45.0 Å². The first-order chi connectivity index (χ1) is 14.2. The van der Waals surface area contributed by atoms with Crippen LogP contribution in [0, 0.1) is 5.82 Å². The van der Waals surface area contributed by atoms with Crippen LogP contribution in [0.15, 0.2) is 42.6 Å². The van der Waals surface area contributed by atoms with E-state index in [1.54, 1.807) is 18.3 Å². The summed E-state index contributed by atoms with van der Waals surface area (Å²) in [6, 6.07) is 9.88. The first-order valence-corrected chi connectivity index (χ1v) is 10.2. The maximum Gasteiger partial charge on any atom is 0.253 e. The van der Waals surface area contributed by atoms with Gasteiger partial charge >= 0.3 is 0 Å². The minimum Gasteiger partial charge on any atom is -0.370 e. The van der Waals surface area contributed by atoms with Gasteiger partial charge in [-0.3, -0.25) is 4.79 Å². The van der Waals surface area contributed by atoms with Gasteiger partial charge in [-0.15, -0.1) is 0 Å². The summed E-state index contributed by atoms with van der Waals surface area (Å²) in [7, 11) is 0. The molecule has 2 saturated heterocycles. The zero-order chi connectivity index (χ0) is 19.8. The number of rotatable bonds is 3. The Hall–Kier alpha value is -2.80. The maximum absolute atomic E-state index is 13.1. The van der Waals surface area contributed by atoms with Crippen molar-refractivity contribution in [3.8, 4) is 0 Å². The van der Waals surface area contributed by atoms with E-state index in [1.165, 1.54) is 12.1 Å². The van der Waals surface area contributed by atoms with Crippen molar-refractivity contribution >= 4 is 17.1 Å². The Bertz CT molecular complexity index is 1020. The first kappa shape index (κ1) is 18.2. The van der Waals surface area contributed by atoms with Crippen molar-refractivity contribution in [3.63, 3.8) is 0 Å². The fourth-order valence-electron chi connectivity index (χ4n) is 4.42. The van der Waals surface area contributed by atoms with Crippen LogP contribution in [0.4, 0.5) is 4.39 Å². The summed E-state index contributed by atoms with van der Waals surface area (Å²) in [5, 5.41) is 0. The van der Waals surface area contributed by atoms with Gasteiger partial charge in [-0.1, -0.05) is 0 Å². The molecule has 150 valence electrons. The van der Waals surface area contributed by atoms with Crippen molar-refractivity contribution in [1.29, 1.82) is 0 Å². The van der Waals surface area contributed by atoms with Crippen molar-refractivity contribution in [2.24, 2.45) is 0 Å². The van der Waals surface area contributed by atoms with Crippen LogP contribution in [0.3, 0.4) is 0 Å². The molecular formula is C22H23FN4O2. The van der Waals surface area contributed by atoms with E-state index in [0.717, 1.165) is 49.3 Å². The summed E-state index contributed by atoms with van der Waals surface area (Å²) < 4.78 is 21.3. The summed E-state index contributed by atoms with van der Waals surface area (Å²) in [5.74, 6) is 0.581. The topological polar surface area (TPSA) is 60.2 Å². The highest BCUT2D eigenvalue weighted by molar-refractivity contribution is 5.94. The first-order valence-electron chi connectivity index (χ1n) is 10.2. The average molecular weight is 394 g/mol. The highest BCUT2D eigenvalue weighted by atomic mass is 19.1. The number of likely N-dealkylation sites (tertiary alicyclic amines) is 1. The van der Waals surface area contributed by atoms with Crippen molar-refractivity contribution in [2.75, 3.05) is 19.7 Å². The van der Waals surface area contributed by atoms with E-state index < -0.39 is 0 Å². The van der Waals surface area contributed by atoms with Gasteiger partial charge in [0.25, 0.3) is 5.91 Å². The van der Waals surface area contributed by atoms with Gasteiger partial charge in [0.05, 0.1) is 0 Å². The second kappa shape index (κ2) is 7.55. The van der Waals surface area contributed by atoms with Crippen molar-refractivity contribution in [2.45, 2.75) is 37.8 Å². The highest BCUT2D eigenvalue weighted by Crippen LogP contribution is 2.35. The third kappa shape index (κ3) is 3.40. The van der Waals surface area contributed by atoms with E-state index >= 15 is 0 Å². The summed E-state index contributed by atoms with van der Waals surface area (Å²) in [4.78, 5) is 24.0. The lowest BCUT2D eigenvalue weighted by molar-refractivity contribution is 0.0682. The second-order valence-corrected chi connectivity index (χ2v) is 7.72. The normalized spacial score (nSPS) is 20.4. The monoisotopic (exact) mass is 394 g/mol. The number of carbonyl (C=O) groups is 1. The van der Waals surface area contributed by atoms with Crippen LogP contribution >= 0.6 is 0 Å². The smallest absolute Gasteiger partial charge is 0.253 e. The summed E-state index contributed by atoms with van der Waals surface area (Å²) in [6.07, 6.45) is 5.50. The van der Waals surface area contributed by atoms with E-state index in [1.807, 2.05) is 17.0 Å². The fourth-order valence-corrected chi connectivity index (χ4v) is 4.42. The molecule has 29 heavy (non-hydrogen) atoms. The number of nitrogens with zero attached hydrogens (tertiary/aromatic N) is 4. The van der Waals surface area contributed by atoms with Crippen LogP contribution in [0.25, 0.3) is 11.2 Å². The van der Waals surface area contributed by atoms with Crippen LogP contribution < -0.4 is 0 Å². The number of aromatic nitrogens is 3. The highest BCUT2D eigenvalue weighted by Gasteiger charge is 2.31. The van der Waals surface area contributed by atoms with Gasteiger partial charge in [0.2, 0.25) is 0 Å². The molecule has 6 nitrogen and oxygen atoms in total. The quantitative estimate of drug-likeness (QED) is 0.676. The van der Waals surface area contributed by atoms with Gasteiger partial charge in [0.15, 0.2) is 5.65 Å². The van der Waals surface area contributed by atoms with Crippen molar-refractivity contribution in [3.05, 3.63) is 59.8 Å². The molecule has 0 bridgehead atoms. The lowest BCUT2D eigenvalue weighted by Gasteiger charge is -2.34. The Morgan fingerprint density at radius 2 is 1.90 bits per heavy atom. The van der Waals surface area contributed by atoms with E-state index in [4.69, 9.17) is 9.72 Å². The van der Waals surface area contributed by atoms with Gasteiger partial charge in [-0.2, -0.15) is 0 Å². The molecule has 2 aliphatic rings. The van der Waals surface area contributed by atoms with Crippen LogP contribution in [0.1, 0.15) is 54.0 Å². The third-order valence-electron chi connectivity index (χ3n) is 5.90. The van der Waals surface area contributed by atoms with E-state index in [9.17, 15) is 9.18 Å². The van der Waals surface area contributed by atoms with E-state index in [0.29, 0.717) is 18.7 Å². The molecule has 7 heteroatoms. The Balaban J connectivity index is 1.38. The Labute approximate surface area is 168 Å². The van der Waals surface area contributed by atoms with Gasteiger partial charge in [-0.25, -0.2) is 14.4 Å². The molecule has 1 aromatic carbocycles. The molecule has 2 aliphatic heterocycles. The van der Waals surface area contributed by atoms with Gasteiger partial charge in [0.1, 0.15) is 23.3 Å². The number of hydrogen-bond donors (Lipinski definition) is 0. The molecule has 2 aromatic heterocycles. The zero-order valence-corrected chi connectivity index (χ0v) is 16.1. The molecule has 4 heterocycles.